The molecule has 140 valence electrons. The van der Waals surface area contributed by atoms with Crippen LogP contribution < -0.4 is 3.71 Å². The minimum Gasteiger partial charge on any atom is -0.342 e. The van der Waals surface area contributed by atoms with Crippen LogP contribution in [0.4, 0.5) is 5.69 Å². The van der Waals surface area contributed by atoms with Gasteiger partial charge >= 0.3 is 0 Å². The highest BCUT2D eigenvalue weighted by molar-refractivity contribution is 8.14. The Bertz CT molecular complexity index is 1130. The molecule has 2 aromatic heterocycles. The number of fused-ring (bicyclic) bond motifs is 1. The third-order valence-electron chi connectivity index (χ3n) is 4.29. The fourth-order valence-corrected chi connectivity index (χ4v) is 5.47. The molecule has 3 aromatic rings. The molecule has 0 radical (unpaired) electrons. The Morgan fingerprint density at radius 1 is 1.26 bits per heavy atom. The summed E-state index contributed by atoms with van der Waals surface area (Å²) < 4.78 is 28.2. The molecule has 0 atom stereocenters. The normalized spacial score (nSPS) is 11.5. The van der Waals surface area contributed by atoms with E-state index in [-0.39, 0.29) is 5.75 Å². The van der Waals surface area contributed by atoms with Crippen LogP contribution in [0.3, 0.4) is 0 Å². The van der Waals surface area contributed by atoms with Crippen molar-refractivity contribution in [2.24, 2.45) is 7.05 Å². The maximum atomic E-state index is 12.5. The zero-order valence-corrected chi connectivity index (χ0v) is 17.0. The van der Waals surface area contributed by atoms with Crippen LogP contribution in [0.1, 0.15) is 19.4 Å². The Balaban J connectivity index is 2.21. The number of aromatic nitrogens is 2. The van der Waals surface area contributed by atoms with E-state index in [0.29, 0.717) is 22.6 Å². The highest BCUT2D eigenvalue weighted by Gasteiger charge is 2.23. The summed E-state index contributed by atoms with van der Waals surface area (Å²) in [6.07, 6.45) is 3.19. The van der Waals surface area contributed by atoms with Crippen molar-refractivity contribution in [1.29, 1.82) is 5.26 Å². The number of nitriles is 1. The third-order valence-corrected chi connectivity index (χ3v) is 7.44. The summed E-state index contributed by atoms with van der Waals surface area (Å²) in [5, 5.41) is 10.6. The minimum atomic E-state index is -3.44. The summed E-state index contributed by atoms with van der Waals surface area (Å²) in [6, 6.07) is 11.8. The molecule has 27 heavy (non-hydrogen) atoms. The molecule has 0 amide bonds. The van der Waals surface area contributed by atoms with Crippen molar-refractivity contribution >= 4 is 38.6 Å². The lowest BCUT2D eigenvalue weighted by Gasteiger charge is -2.22. The Hall–Kier alpha value is -2.50. The second-order valence-electron chi connectivity index (χ2n) is 5.89. The van der Waals surface area contributed by atoms with Gasteiger partial charge in [-0.15, -0.1) is 0 Å². The number of sulfonamides is 1. The molecule has 0 bridgehead atoms. The van der Waals surface area contributed by atoms with Gasteiger partial charge in [-0.25, -0.2) is 12.1 Å². The Kier molecular flexibility index (Phi) is 5.44. The summed E-state index contributed by atoms with van der Waals surface area (Å²) >= 11 is 1.22. The number of nitrogens with zero attached hydrogens (tertiary/aromatic N) is 4. The van der Waals surface area contributed by atoms with E-state index in [1.807, 2.05) is 42.8 Å². The van der Waals surface area contributed by atoms with Crippen LogP contribution in [0, 0.1) is 11.3 Å². The number of aryl methyl sites for hydroxylation is 1. The van der Waals surface area contributed by atoms with Gasteiger partial charge in [-0.3, -0.25) is 4.98 Å². The van der Waals surface area contributed by atoms with Gasteiger partial charge in [0, 0.05) is 35.5 Å². The molecule has 0 saturated heterocycles. The largest absolute Gasteiger partial charge is 0.342 e. The van der Waals surface area contributed by atoms with Gasteiger partial charge < -0.3 is 4.57 Å². The zero-order valence-electron chi connectivity index (χ0n) is 15.4. The first kappa shape index (κ1) is 19.3. The molecule has 0 aliphatic heterocycles. The lowest BCUT2D eigenvalue weighted by atomic mass is 10.1. The Morgan fingerprint density at radius 2 is 2.00 bits per heavy atom. The van der Waals surface area contributed by atoms with Crippen LogP contribution in [-0.2, 0) is 17.1 Å². The van der Waals surface area contributed by atoms with E-state index in [2.05, 4.69) is 11.1 Å². The van der Waals surface area contributed by atoms with Gasteiger partial charge in [0.15, 0.2) is 0 Å². The SMILES string of the molecule is CCSN(c1cncc(-c2c(C#N)c3ccccc3n2C)c1)S(=O)(=O)CC. The van der Waals surface area contributed by atoms with Crippen molar-refractivity contribution in [3.8, 4) is 17.3 Å². The van der Waals surface area contributed by atoms with Gasteiger partial charge in [0.25, 0.3) is 0 Å². The molecule has 0 aliphatic rings. The van der Waals surface area contributed by atoms with Crippen molar-refractivity contribution in [3.63, 3.8) is 0 Å². The highest BCUT2D eigenvalue weighted by atomic mass is 32.3. The van der Waals surface area contributed by atoms with Crippen LogP contribution in [0.15, 0.2) is 42.7 Å². The second kappa shape index (κ2) is 7.62. The molecule has 0 fully saturated rings. The summed E-state index contributed by atoms with van der Waals surface area (Å²) in [7, 11) is -1.55. The van der Waals surface area contributed by atoms with E-state index < -0.39 is 10.0 Å². The van der Waals surface area contributed by atoms with E-state index in [0.717, 1.165) is 16.6 Å². The van der Waals surface area contributed by atoms with Crippen molar-refractivity contribution in [1.82, 2.24) is 9.55 Å². The van der Waals surface area contributed by atoms with E-state index >= 15 is 0 Å². The molecular formula is C19H20N4O2S2. The van der Waals surface area contributed by atoms with E-state index in [1.54, 1.807) is 19.2 Å². The molecule has 0 aliphatic carbocycles. The van der Waals surface area contributed by atoms with Crippen molar-refractivity contribution in [2.75, 3.05) is 15.2 Å². The smallest absolute Gasteiger partial charge is 0.244 e. The van der Waals surface area contributed by atoms with Gasteiger partial charge in [-0.05, 0) is 31.0 Å². The lowest BCUT2D eigenvalue weighted by molar-refractivity contribution is 0.599. The van der Waals surface area contributed by atoms with Crippen molar-refractivity contribution in [3.05, 3.63) is 48.3 Å². The van der Waals surface area contributed by atoms with Gasteiger partial charge in [-0.1, -0.05) is 25.1 Å². The predicted octanol–water partition coefficient (Wildman–Crippen LogP) is 3.94. The van der Waals surface area contributed by atoms with Gasteiger partial charge in [-0.2, -0.15) is 5.26 Å². The van der Waals surface area contributed by atoms with Crippen molar-refractivity contribution < 1.29 is 8.42 Å². The molecule has 1 aromatic carbocycles. The monoisotopic (exact) mass is 400 g/mol. The van der Waals surface area contributed by atoms with E-state index in [4.69, 9.17) is 0 Å². The highest BCUT2D eigenvalue weighted by Crippen LogP contribution is 2.35. The molecular weight excluding hydrogens is 380 g/mol. The first-order valence-electron chi connectivity index (χ1n) is 8.53. The molecule has 0 saturated carbocycles. The Morgan fingerprint density at radius 3 is 2.67 bits per heavy atom. The number of anilines is 1. The average molecular weight is 401 g/mol. The van der Waals surface area contributed by atoms with Gasteiger partial charge in [0.2, 0.25) is 10.0 Å². The van der Waals surface area contributed by atoms with Crippen LogP contribution in [0.25, 0.3) is 22.2 Å². The van der Waals surface area contributed by atoms with Gasteiger partial charge in [0.1, 0.15) is 6.07 Å². The number of benzene rings is 1. The fraction of sp³-hybridized carbons (Fsp3) is 0.263. The number of para-hydroxylation sites is 1. The summed E-state index contributed by atoms with van der Waals surface area (Å²) in [4.78, 5) is 4.26. The number of hydrogen-bond acceptors (Lipinski definition) is 5. The first-order valence-corrected chi connectivity index (χ1v) is 11.1. The topological polar surface area (TPSA) is 79.0 Å². The fourth-order valence-electron chi connectivity index (χ4n) is 3.05. The second-order valence-corrected chi connectivity index (χ2v) is 9.43. The molecule has 6 nitrogen and oxygen atoms in total. The van der Waals surface area contributed by atoms with E-state index in [9.17, 15) is 13.7 Å². The van der Waals surface area contributed by atoms with Crippen LogP contribution >= 0.6 is 11.9 Å². The predicted molar refractivity (Wildman–Crippen MR) is 111 cm³/mol. The number of pyridine rings is 1. The molecule has 0 N–H and O–H groups in total. The standard InChI is InChI=1S/C19H20N4O2S2/c1-4-26-23(27(24,25)5-2)15-10-14(12-21-13-15)19-17(11-20)16-8-6-7-9-18(16)22(19)3/h6-10,12-13H,4-5H2,1-3H3. The molecule has 0 unspecified atom stereocenters. The lowest BCUT2D eigenvalue weighted by Crippen LogP contribution is -2.26. The summed E-state index contributed by atoms with van der Waals surface area (Å²) in [5.41, 5.74) is 3.41. The Labute approximate surface area is 163 Å². The van der Waals surface area contributed by atoms with Crippen LogP contribution in [0.5, 0.6) is 0 Å². The summed E-state index contributed by atoms with van der Waals surface area (Å²) in [5.74, 6) is 0.614. The molecule has 0 spiro atoms. The zero-order chi connectivity index (χ0) is 19.6. The van der Waals surface area contributed by atoms with Crippen LogP contribution in [0.2, 0.25) is 0 Å². The number of hydrogen-bond donors (Lipinski definition) is 0. The number of rotatable bonds is 6. The average Bonchev–Trinajstić information content (AvgIpc) is 2.98. The maximum Gasteiger partial charge on any atom is 0.244 e. The molecule has 3 rings (SSSR count). The summed E-state index contributed by atoms with van der Waals surface area (Å²) in [6.45, 7) is 3.52. The minimum absolute atomic E-state index is 0.00170. The third kappa shape index (κ3) is 3.40. The van der Waals surface area contributed by atoms with Crippen LogP contribution in [-0.4, -0.2) is 29.5 Å². The van der Waals surface area contributed by atoms with E-state index in [1.165, 1.54) is 21.9 Å². The van der Waals surface area contributed by atoms with Crippen molar-refractivity contribution in [2.45, 2.75) is 13.8 Å². The molecule has 8 heteroatoms. The maximum absolute atomic E-state index is 12.5. The first-order chi connectivity index (χ1) is 12.9. The van der Waals surface area contributed by atoms with Gasteiger partial charge in [0.05, 0.1) is 28.9 Å². The quantitative estimate of drug-likeness (QED) is 0.586. The molecule has 2 heterocycles.